The topological polar surface area (TPSA) is 134 Å². The van der Waals surface area contributed by atoms with Crippen LogP contribution in [0.1, 0.15) is 194 Å². The second-order valence-corrected chi connectivity index (χ2v) is 16.0. The van der Waals surface area contributed by atoms with Crippen molar-refractivity contribution in [1.82, 2.24) is 0 Å². The van der Waals surface area contributed by atoms with E-state index in [1.807, 2.05) is 0 Å². The normalized spacial score (nSPS) is 13.7. The van der Waals surface area contributed by atoms with Gasteiger partial charge in [-0.15, -0.1) is 0 Å². The number of carbonyl (C=O) groups excluding carboxylic acids is 2. The maximum Gasteiger partial charge on any atom is 0.472 e. The Morgan fingerprint density at radius 2 is 1.00 bits per heavy atom. The van der Waals surface area contributed by atoms with E-state index in [0.29, 0.717) is 6.42 Å². The molecule has 0 aromatic carbocycles. The molecule has 10 heteroatoms. The van der Waals surface area contributed by atoms with Crippen LogP contribution in [0.25, 0.3) is 0 Å². The number of hydrogen-bond acceptors (Lipinski definition) is 8. The van der Waals surface area contributed by atoms with Gasteiger partial charge in [0.2, 0.25) is 0 Å². The second kappa shape index (κ2) is 41.6. The average molecular weight is 796 g/mol. The number of esters is 2. The maximum absolute atomic E-state index is 12.6. The van der Waals surface area contributed by atoms with Crippen LogP contribution in [0.2, 0.25) is 0 Å². The predicted octanol–water partition coefficient (Wildman–Crippen LogP) is 12.7. The van der Waals surface area contributed by atoms with Crippen molar-refractivity contribution in [3.63, 3.8) is 0 Å². The van der Waals surface area contributed by atoms with Crippen molar-refractivity contribution in [3.05, 3.63) is 48.6 Å². The Labute approximate surface area is 336 Å². The van der Waals surface area contributed by atoms with Crippen molar-refractivity contribution in [3.8, 4) is 0 Å². The minimum Gasteiger partial charge on any atom is -0.462 e. The average Bonchev–Trinajstić information content (AvgIpc) is 3.17. The number of unbranched alkanes of at least 4 members (excludes halogenated alkanes) is 20. The lowest BCUT2D eigenvalue weighted by molar-refractivity contribution is -0.161. The Hall–Kier alpha value is -2.03. The molecular formula is C45H82NO8P. The van der Waals surface area contributed by atoms with Crippen LogP contribution < -0.4 is 5.73 Å². The van der Waals surface area contributed by atoms with Crippen LogP contribution in [0.15, 0.2) is 48.6 Å². The third kappa shape index (κ3) is 41.4. The van der Waals surface area contributed by atoms with Crippen LogP contribution in [0.3, 0.4) is 0 Å². The molecule has 0 amide bonds. The van der Waals surface area contributed by atoms with Gasteiger partial charge in [0.15, 0.2) is 6.10 Å². The number of allylic oxidation sites excluding steroid dienone is 8. The van der Waals surface area contributed by atoms with Gasteiger partial charge in [-0.2, -0.15) is 0 Å². The third-order valence-electron chi connectivity index (χ3n) is 9.20. The molecule has 0 aromatic heterocycles. The van der Waals surface area contributed by atoms with E-state index in [0.717, 1.165) is 70.6 Å². The number of phosphoric acid groups is 1. The zero-order chi connectivity index (χ0) is 40.3. The first kappa shape index (κ1) is 53.0. The predicted molar refractivity (Wildman–Crippen MR) is 229 cm³/mol. The summed E-state index contributed by atoms with van der Waals surface area (Å²) in [6.45, 7) is 3.60. The van der Waals surface area contributed by atoms with Crippen molar-refractivity contribution in [2.75, 3.05) is 26.4 Å². The lowest BCUT2D eigenvalue weighted by Gasteiger charge is -2.19. The van der Waals surface area contributed by atoms with E-state index in [1.165, 1.54) is 89.9 Å². The summed E-state index contributed by atoms with van der Waals surface area (Å²) in [7, 11) is -4.38. The molecule has 0 bridgehead atoms. The monoisotopic (exact) mass is 796 g/mol. The molecule has 3 N–H and O–H groups in total. The molecule has 2 atom stereocenters. The minimum absolute atomic E-state index is 0.0488. The maximum atomic E-state index is 12.6. The summed E-state index contributed by atoms with van der Waals surface area (Å²) in [5, 5.41) is 0. The van der Waals surface area contributed by atoms with Crippen molar-refractivity contribution >= 4 is 19.8 Å². The standard InChI is InChI=1S/C45H82NO8P/c1-3-5-7-9-11-13-15-17-19-20-21-22-24-25-27-29-31-33-35-37-44(47)51-41-43(42-53-55(49,50)52-40-39-46)54-45(48)38-36-34-32-30-28-26-23-18-16-14-12-10-8-6-4-2/h6,8,12,14,17-19,23,43H,3-5,7,9-11,13,15-16,20-22,24-42,46H2,1-2H3,(H,49,50)/t43-/m1/s1. The zero-order valence-corrected chi connectivity index (χ0v) is 36.0. The molecule has 0 fully saturated rings. The molecule has 1 unspecified atom stereocenters. The molecule has 0 aromatic rings. The van der Waals surface area contributed by atoms with Gasteiger partial charge >= 0.3 is 19.8 Å². The Morgan fingerprint density at radius 3 is 1.51 bits per heavy atom. The highest BCUT2D eigenvalue weighted by molar-refractivity contribution is 7.47. The van der Waals surface area contributed by atoms with Gasteiger partial charge in [-0.05, 0) is 70.6 Å². The van der Waals surface area contributed by atoms with Gasteiger partial charge in [0.1, 0.15) is 6.61 Å². The SMILES string of the molecule is CCC=CCC=CCC=CCCCCCCCC(=O)O[C@H](COC(=O)CCCCCCCCCCCC=CCCCCCCCC)COP(=O)(O)OCCN. The molecule has 55 heavy (non-hydrogen) atoms. The molecule has 0 aliphatic rings. The Kier molecular flexibility index (Phi) is 40.1. The minimum atomic E-state index is -4.38. The van der Waals surface area contributed by atoms with Gasteiger partial charge in [0, 0.05) is 19.4 Å². The third-order valence-corrected chi connectivity index (χ3v) is 10.2. The van der Waals surface area contributed by atoms with Crippen LogP contribution in [-0.2, 0) is 32.7 Å². The van der Waals surface area contributed by atoms with Crippen LogP contribution >= 0.6 is 7.82 Å². The van der Waals surface area contributed by atoms with E-state index in [4.69, 9.17) is 24.3 Å². The first-order valence-corrected chi connectivity index (χ1v) is 23.6. The van der Waals surface area contributed by atoms with Gasteiger partial charge in [0.25, 0.3) is 0 Å². The van der Waals surface area contributed by atoms with Gasteiger partial charge in [-0.1, -0.05) is 159 Å². The van der Waals surface area contributed by atoms with Crippen LogP contribution in [0.4, 0.5) is 0 Å². The second-order valence-electron chi connectivity index (χ2n) is 14.5. The summed E-state index contributed by atoms with van der Waals surface area (Å²) in [5.74, 6) is -0.850. The van der Waals surface area contributed by atoms with E-state index in [9.17, 15) is 19.0 Å². The Morgan fingerprint density at radius 1 is 0.564 bits per heavy atom. The summed E-state index contributed by atoms with van der Waals surface area (Å²) < 4.78 is 32.8. The lowest BCUT2D eigenvalue weighted by atomic mass is 10.1. The van der Waals surface area contributed by atoms with Crippen LogP contribution in [-0.4, -0.2) is 49.3 Å². The molecule has 320 valence electrons. The highest BCUT2D eigenvalue weighted by atomic mass is 31.2. The van der Waals surface area contributed by atoms with Crippen LogP contribution in [0, 0.1) is 0 Å². The molecule has 0 rings (SSSR count). The first-order chi connectivity index (χ1) is 26.8. The number of hydrogen-bond donors (Lipinski definition) is 2. The fourth-order valence-corrected chi connectivity index (χ4v) is 6.70. The van der Waals surface area contributed by atoms with Gasteiger partial charge in [-0.25, -0.2) is 4.57 Å². The van der Waals surface area contributed by atoms with Crippen molar-refractivity contribution in [2.24, 2.45) is 5.73 Å². The van der Waals surface area contributed by atoms with E-state index < -0.39 is 26.5 Å². The van der Waals surface area contributed by atoms with Crippen LogP contribution in [0.5, 0.6) is 0 Å². The van der Waals surface area contributed by atoms with E-state index in [1.54, 1.807) is 0 Å². The molecule has 0 radical (unpaired) electrons. The lowest BCUT2D eigenvalue weighted by Crippen LogP contribution is -2.29. The largest absolute Gasteiger partial charge is 0.472 e. The summed E-state index contributed by atoms with van der Waals surface area (Å²) >= 11 is 0. The summed E-state index contributed by atoms with van der Waals surface area (Å²) in [6, 6.07) is 0. The molecule has 0 spiro atoms. The number of nitrogens with two attached hydrogens (primary N) is 1. The molecule has 0 heterocycles. The van der Waals surface area contributed by atoms with Crippen molar-refractivity contribution in [1.29, 1.82) is 0 Å². The highest BCUT2D eigenvalue weighted by Gasteiger charge is 2.26. The molecule has 9 nitrogen and oxygen atoms in total. The number of rotatable bonds is 41. The van der Waals surface area contributed by atoms with Gasteiger partial charge < -0.3 is 20.1 Å². The molecule has 0 saturated carbocycles. The summed E-state index contributed by atoms with van der Waals surface area (Å²) in [6.07, 6.45) is 47.1. The molecule has 0 aliphatic carbocycles. The fraction of sp³-hybridized carbons (Fsp3) is 0.778. The van der Waals surface area contributed by atoms with E-state index >= 15 is 0 Å². The Balaban J connectivity index is 4.14. The first-order valence-electron chi connectivity index (χ1n) is 22.1. The smallest absolute Gasteiger partial charge is 0.462 e. The number of carbonyl (C=O) groups is 2. The number of ether oxygens (including phenoxy) is 2. The molecule has 0 saturated heterocycles. The van der Waals surface area contributed by atoms with Gasteiger partial charge in [0.05, 0.1) is 13.2 Å². The zero-order valence-electron chi connectivity index (χ0n) is 35.2. The highest BCUT2D eigenvalue weighted by Crippen LogP contribution is 2.43. The quantitative estimate of drug-likeness (QED) is 0.0268. The molecular weight excluding hydrogens is 713 g/mol. The van der Waals surface area contributed by atoms with E-state index in [2.05, 4.69) is 62.5 Å². The van der Waals surface area contributed by atoms with Crippen molar-refractivity contribution in [2.45, 2.75) is 200 Å². The van der Waals surface area contributed by atoms with Gasteiger partial charge in [-0.3, -0.25) is 18.6 Å². The molecule has 0 aliphatic heterocycles. The summed E-state index contributed by atoms with van der Waals surface area (Å²) in [5.41, 5.74) is 5.35. The van der Waals surface area contributed by atoms with Crippen molar-refractivity contribution < 1.29 is 37.6 Å². The number of phosphoric ester groups is 1. The summed E-state index contributed by atoms with van der Waals surface area (Å²) in [4.78, 5) is 34.9. The fourth-order valence-electron chi connectivity index (χ4n) is 5.94. The Bertz CT molecular complexity index is 1040. The van der Waals surface area contributed by atoms with E-state index in [-0.39, 0.29) is 38.6 Å².